The summed E-state index contributed by atoms with van der Waals surface area (Å²) < 4.78 is 0. The van der Waals surface area contributed by atoms with Crippen molar-refractivity contribution in [2.75, 3.05) is 0 Å². The highest BCUT2D eigenvalue weighted by Crippen LogP contribution is 1.58. The van der Waals surface area contributed by atoms with E-state index in [1.54, 1.807) is 0 Å². The summed E-state index contributed by atoms with van der Waals surface area (Å²) in [6, 6.07) is 0. The first kappa shape index (κ1) is 49.6. The second-order valence-corrected chi connectivity index (χ2v) is 5.66. The van der Waals surface area contributed by atoms with Crippen molar-refractivity contribution >= 4 is 0 Å². The standard InChI is InChI=1S/8C3H8/c8*1-3-2/h8*3H2,1-2H3. The molecule has 0 saturated heterocycles. The lowest BCUT2D eigenvalue weighted by Gasteiger charge is -1.48. The predicted molar refractivity (Wildman–Crippen MR) is 128 cm³/mol. The third-order valence-corrected chi connectivity index (χ3v) is 0. The number of hydrogen-bond donors (Lipinski definition) is 0. The van der Waals surface area contributed by atoms with E-state index in [4.69, 9.17) is 0 Å². The van der Waals surface area contributed by atoms with Gasteiger partial charge in [0.05, 0.1) is 0 Å². The van der Waals surface area contributed by atoms with Gasteiger partial charge in [-0.1, -0.05) is 162 Å². The molecular formula is C24H64. The van der Waals surface area contributed by atoms with Gasteiger partial charge in [-0.3, -0.25) is 0 Å². The molecule has 0 aliphatic rings. The van der Waals surface area contributed by atoms with Crippen molar-refractivity contribution < 1.29 is 0 Å². The van der Waals surface area contributed by atoms with Gasteiger partial charge in [0.2, 0.25) is 0 Å². The molecule has 0 saturated carbocycles. The minimum absolute atomic E-state index is 1.25. The zero-order chi connectivity index (χ0) is 21.7. The summed E-state index contributed by atoms with van der Waals surface area (Å²) in [7, 11) is 0. The largest absolute Gasteiger partial charge is 0.0656 e. The molecule has 160 valence electrons. The van der Waals surface area contributed by atoms with E-state index in [1.807, 2.05) is 0 Å². The molecule has 0 aromatic heterocycles. The van der Waals surface area contributed by atoms with Crippen LogP contribution in [0.5, 0.6) is 0 Å². The second-order valence-electron chi connectivity index (χ2n) is 5.66. The molecule has 0 aromatic rings. The van der Waals surface area contributed by atoms with Gasteiger partial charge in [-0.15, -0.1) is 0 Å². The van der Waals surface area contributed by atoms with Crippen LogP contribution in [0.3, 0.4) is 0 Å². The SMILES string of the molecule is CCC.CCC.CCC.CCC.CCC.CCC.CCC.CCC. The topological polar surface area (TPSA) is 0 Å². The van der Waals surface area contributed by atoms with Crippen LogP contribution in [0.15, 0.2) is 0 Å². The first-order valence-corrected chi connectivity index (χ1v) is 11.3. The number of rotatable bonds is 0. The molecule has 0 aliphatic carbocycles. The molecule has 0 heteroatoms. The Balaban J connectivity index is -0.0000000203. The van der Waals surface area contributed by atoms with Crippen LogP contribution in [0.2, 0.25) is 0 Å². The van der Waals surface area contributed by atoms with E-state index in [0.717, 1.165) is 0 Å². The predicted octanol–water partition coefficient (Wildman–Crippen LogP) is 11.3. The van der Waals surface area contributed by atoms with Crippen molar-refractivity contribution in [3.63, 3.8) is 0 Å². The Morgan fingerprint density at radius 2 is 0.167 bits per heavy atom. The first-order chi connectivity index (χ1) is 11.3. The molecule has 0 rings (SSSR count). The van der Waals surface area contributed by atoms with Crippen molar-refractivity contribution in [2.45, 2.75) is 162 Å². The minimum atomic E-state index is 1.25. The van der Waals surface area contributed by atoms with E-state index in [1.165, 1.54) is 51.4 Å². The Morgan fingerprint density at radius 1 is 0.167 bits per heavy atom. The average Bonchev–Trinajstić information content (AvgIpc) is 2.45. The molecular weight excluding hydrogens is 288 g/mol. The summed E-state index contributed by atoms with van der Waals surface area (Å²) in [4.78, 5) is 0. The summed E-state index contributed by atoms with van der Waals surface area (Å²) in [6.45, 7) is 34.0. The lowest BCUT2D eigenvalue weighted by Crippen LogP contribution is -1.27. The highest BCUT2D eigenvalue weighted by molar-refractivity contribution is 3.94. The lowest BCUT2D eigenvalue weighted by molar-refractivity contribution is 1.09. The summed E-state index contributed by atoms with van der Waals surface area (Å²) in [5, 5.41) is 0. The molecule has 0 fully saturated rings. The third kappa shape index (κ3) is 0. The smallest absolute Gasteiger partial charge is 0.0590 e. The Kier molecular flexibility index (Phi) is 359. The molecule has 0 aliphatic heterocycles. The van der Waals surface area contributed by atoms with Gasteiger partial charge in [-0.2, -0.15) is 0 Å². The summed E-state index contributed by atoms with van der Waals surface area (Å²) in [5.41, 5.74) is 0. The van der Waals surface area contributed by atoms with Crippen LogP contribution < -0.4 is 0 Å². The van der Waals surface area contributed by atoms with Gasteiger partial charge in [0.15, 0.2) is 0 Å². The van der Waals surface area contributed by atoms with Crippen molar-refractivity contribution in [1.29, 1.82) is 0 Å². The lowest BCUT2D eigenvalue weighted by atomic mass is 10.6. The summed E-state index contributed by atoms with van der Waals surface area (Å²) >= 11 is 0. The fraction of sp³-hybridized carbons (Fsp3) is 1.00. The molecule has 0 amide bonds. The van der Waals surface area contributed by atoms with Crippen molar-refractivity contribution in [3.8, 4) is 0 Å². The van der Waals surface area contributed by atoms with Gasteiger partial charge in [-0.25, -0.2) is 0 Å². The van der Waals surface area contributed by atoms with Crippen LogP contribution in [-0.4, -0.2) is 0 Å². The van der Waals surface area contributed by atoms with Crippen molar-refractivity contribution in [2.24, 2.45) is 0 Å². The van der Waals surface area contributed by atoms with Crippen LogP contribution in [0.25, 0.3) is 0 Å². The molecule has 24 heavy (non-hydrogen) atoms. The van der Waals surface area contributed by atoms with Gasteiger partial charge in [0, 0.05) is 0 Å². The van der Waals surface area contributed by atoms with Crippen LogP contribution in [0.4, 0.5) is 0 Å². The second kappa shape index (κ2) is 174. The Labute approximate surface area is 162 Å². The molecule has 0 unspecified atom stereocenters. The highest BCUT2D eigenvalue weighted by atomic mass is 13.4. The van der Waals surface area contributed by atoms with E-state index in [0.29, 0.717) is 0 Å². The van der Waals surface area contributed by atoms with E-state index in [2.05, 4.69) is 111 Å². The fourth-order valence-electron chi connectivity index (χ4n) is 0. The Morgan fingerprint density at radius 3 is 0.167 bits per heavy atom. The van der Waals surface area contributed by atoms with Crippen LogP contribution in [-0.2, 0) is 0 Å². The minimum Gasteiger partial charge on any atom is -0.0656 e. The first-order valence-electron chi connectivity index (χ1n) is 11.3. The zero-order valence-electron chi connectivity index (χ0n) is 21.7. The van der Waals surface area contributed by atoms with E-state index in [9.17, 15) is 0 Å². The molecule has 0 heterocycles. The van der Waals surface area contributed by atoms with Crippen LogP contribution >= 0.6 is 0 Å². The molecule has 0 nitrogen and oxygen atoms in total. The van der Waals surface area contributed by atoms with E-state index in [-0.39, 0.29) is 0 Å². The quantitative estimate of drug-likeness (QED) is 0.406. The molecule has 0 N–H and O–H groups in total. The Hall–Kier alpha value is 0. The summed E-state index contributed by atoms with van der Waals surface area (Å²) in [5.74, 6) is 0. The van der Waals surface area contributed by atoms with Gasteiger partial charge in [-0.05, 0) is 0 Å². The monoisotopic (exact) mass is 353 g/mol. The molecule has 0 atom stereocenters. The molecule has 0 bridgehead atoms. The summed E-state index contributed by atoms with van der Waals surface area (Å²) in [6.07, 6.45) is 10.0. The van der Waals surface area contributed by atoms with Gasteiger partial charge < -0.3 is 0 Å². The van der Waals surface area contributed by atoms with Crippen LogP contribution in [0, 0.1) is 0 Å². The van der Waals surface area contributed by atoms with Gasteiger partial charge in [0.25, 0.3) is 0 Å². The third-order valence-electron chi connectivity index (χ3n) is 0. The fourth-order valence-corrected chi connectivity index (χ4v) is 0. The van der Waals surface area contributed by atoms with Crippen molar-refractivity contribution in [1.82, 2.24) is 0 Å². The van der Waals surface area contributed by atoms with E-state index >= 15 is 0 Å². The molecule has 0 aromatic carbocycles. The molecule has 0 spiro atoms. The molecule has 0 radical (unpaired) electrons. The van der Waals surface area contributed by atoms with Gasteiger partial charge in [0.1, 0.15) is 0 Å². The van der Waals surface area contributed by atoms with Gasteiger partial charge >= 0.3 is 0 Å². The van der Waals surface area contributed by atoms with Crippen molar-refractivity contribution in [3.05, 3.63) is 0 Å². The average molecular weight is 353 g/mol. The maximum Gasteiger partial charge on any atom is -0.0590 e. The maximum atomic E-state index is 2.12. The normalized spacial score (nSPS) is 6.00. The van der Waals surface area contributed by atoms with E-state index < -0.39 is 0 Å². The zero-order valence-corrected chi connectivity index (χ0v) is 21.7. The maximum absolute atomic E-state index is 2.12. The Bertz CT molecular complexity index is 24.0. The highest BCUT2D eigenvalue weighted by Gasteiger charge is 1.37. The number of hydrogen-bond acceptors (Lipinski definition) is 0. The van der Waals surface area contributed by atoms with Crippen LogP contribution in [0.1, 0.15) is 162 Å².